The second kappa shape index (κ2) is 4.54. The second-order valence-corrected chi connectivity index (χ2v) is 4.67. The molecule has 1 aromatic carbocycles. The lowest BCUT2D eigenvalue weighted by Gasteiger charge is -2.32. The lowest BCUT2D eigenvalue weighted by Crippen LogP contribution is -2.35. The van der Waals surface area contributed by atoms with Crippen LogP contribution in [0.15, 0.2) is 30.3 Å². The first-order chi connectivity index (χ1) is 7.27. The van der Waals surface area contributed by atoms with Crippen LogP contribution in [0, 0.1) is 5.92 Å². The van der Waals surface area contributed by atoms with Crippen molar-refractivity contribution < 1.29 is 5.11 Å². The fraction of sp³-hybridized carbons (Fsp3) is 0.538. The van der Waals surface area contributed by atoms with Crippen LogP contribution in [0.5, 0.6) is 0 Å². The molecular formula is C13H17ClO. The molecule has 82 valence electrons. The Labute approximate surface area is 96.1 Å². The summed E-state index contributed by atoms with van der Waals surface area (Å²) in [5.74, 6) is 0.624. The molecule has 1 aliphatic rings. The van der Waals surface area contributed by atoms with Crippen molar-refractivity contribution in [1.82, 2.24) is 0 Å². The van der Waals surface area contributed by atoms with Crippen molar-refractivity contribution in [2.24, 2.45) is 5.92 Å². The molecule has 0 bridgehead atoms. The molecule has 0 spiro atoms. The topological polar surface area (TPSA) is 20.2 Å². The van der Waals surface area contributed by atoms with Crippen molar-refractivity contribution in [3.8, 4) is 0 Å². The maximum atomic E-state index is 10.7. The number of hydrogen-bond donors (Lipinski definition) is 1. The van der Waals surface area contributed by atoms with E-state index in [4.69, 9.17) is 11.6 Å². The molecule has 0 aromatic heterocycles. The second-order valence-electron chi connectivity index (χ2n) is 4.41. The van der Waals surface area contributed by atoms with Gasteiger partial charge in [0.25, 0.3) is 0 Å². The zero-order valence-corrected chi connectivity index (χ0v) is 9.58. The predicted octanol–water partition coefficient (Wildman–Crippen LogP) is 3.30. The van der Waals surface area contributed by atoms with Crippen LogP contribution in [0.2, 0.25) is 0 Å². The van der Waals surface area contributed by atoms with Crippen molar-refractivity contribution in [3.05, 3.63) is 35.9 Å². The molecule has 0 amide bonds. The Bertz CT molecular complexity index is 306. The summed E-state index contributed by atoms with van der Waals surface area (Å²) >= 11 is 5.97. The molecule has 2 rings (SSSR count). The highest BCUT2D eigenvalue weighted by atomic mass is 35.5. The molecule has 0 radical (unpaired) electrons. The van der Waals surface area contributed by atoms with Crippen LogP contribution in [-0.4, -0.2) is 11.0 Å². The quantitative estimate of drug-likeness (QED) is 0.782. The average molecular weight is 225 g/mol. The van der Waals surface area contributed by atoms with Gasteiger partial charge in [-0.05, 0) is 24.3 Å². The molecule has 1 fully saturated rings. The van der Waals surface area contributed by atoms with Gasteiger partial charge in [0.1, 0.15) is 5.60 Å². The number of hydrogen-bond acceptors (Lipinski definition) is 1. The Morgan fingerprint density at radius 3 is 2.33 bits per heavy atom. The highest BCUT2D eigenvalue weighted by Crippen LogP contribution is 2.41. The first-order valence-electron chi connectivity index (χ1n) is 5.61. The minimum atomic E-state index is -0.820. The summed E-state index contributed by atoms with van der Waals surface area (Å²) in [6.07, 6.45) is 4.63. The van der Waals surface area contributed by atoms with Crippen molar-refractivity contribution in [3.63, 3.8) is 0 Å². The maximum Gasteiger partial charge on any atom is 0.106 e. The van der Waals surface area contributed by atoms with Gasteiger partial charge in [0.05, 0.1) is 5.88 Å². The molecule has 1 unspecified atom stereocenters. The number of benzene rings is 1. The first kappa shape index (κ1) is 11.0. The summed E-state index contributed by atoms with van der Waals surface area (Å²) in [5.41, 5.74) is 0.145. The van der Waals surface area contributed by atoms with E-state index in [2.05, 4.69) is 0 Å². The third-order valence-corrected chi connectivity index (χ3v) is 3.92. The van der Waals surface area contributed by atoms with Gasteiger partial charge in [0, 0.05) is 0 Å². The Morgan fingerprint density at radius 2 is 1.80 bits per heavy atom. The van der Waals surface area contributed by atoms with Crippen LogP contribution in [0.1, 0.15) is 31.2 Å². The van der Waals surface area contributed by atoms with E-state index in [0.29, 0.717) is 11.8 Å². The van der Waals surface area contributed by atoms with E-state index in [1.54, 1.807) is 0 Å². The van der Waals surface area contributed by atoms with Crippen LogP contribution >= 0.6 is 11.6 Å². The largest absolute Gasteiger partial charge is 0.384 e. The van der Waals surface area contributed by atoms with E-state index in [-0.39, 0.29) is 0 Å². The molecule has 2 heteroatoms. The van der Waals surface area contributed by atoms with Crippen LogP contribution in [0.4, 0.5) is 0 Å². The molecule has 0 heterocycles. The van der Waals surface area contributed by atoms with Crippen LogP contribution in [0.25, 0.3) is 0 Å². The van der Waals surface area contributed by atoms with Crippen molar-refractivity contribution >= 4 is 11.6 Å². The van der Waals surface area contributed by atoms with Gasteiger partial charge in [-0.1, -0.05) is 43.2 Å². The fourth-order valence-electron chi connectivity index (χ4n) is 2.55. The molecule has 1 nitrogen and oxygen atoms in total. The monoisotopic (exact) mass is 224 g/mol. The smallest absolute Gasteiger partial charge is 0.106 e. The number of alkyl halides is 1. The summed E-state index contributed by atoms with van der Waals surface area (Å²) in [6.45, 7) is 0. The third kappa shape index (κ3) is 2.04. The zero-order valence-electron chi connectivity index (χ0n) is 8.82. The predicted molar refractivity (Wildman–Crippen MR) is 63.0 cm³/mol. The Balaban J connectivity index is 2.28. The molecule has 0 aliphatic heterocycles. The van der Waals surface area contributed by atoms with E-state index >= 15 is 0 Å². The minimum Gasteiger partial charge on any atom is -0.384 e. The van der Waals surface area contributed by atoms with Crippen molar-refractivity contribution in [2.45, 2.75) is 31.3 Å². The van der Waals surface area contributed by atoms with Gasteiger partial charge >= 0.3 is 0 Å². The fourth-order valence-corrected chi connectivity index (χ4v) is 2.92. The summed E-state index contributed by atoms with van der Waals surface area (Å²) in [4.78, 5) is 0. The molecule has 1 atom stereocenters. The summed E-state index contributed by atoms with van der Waals surface area (Å²) in [6, 6.07) is 9.83. The van der Waals surface area contributed by atoms with E-state index < -0.39 is 5.60 Å². The van der Waals surface area contributed by atoms with Crippen LogP contribution in [0.3, 0.4) is 0 Å². The number of aliphatic hydroxyl groups is 1. The third-order valence-electron chi connectivity index (χ3n) is 3.51. The molecule has 1 aromatic rings. The van der Waals surface area contributed by atoms with Gasteiger partial charge in [0.15, 0.2) is 0 Å². The highest BCUT2D eigenvalue weighted by Gasteiger charge is 2.38. The Morgan fingerprint density at radius 1 is 1.20 bits per heavy atom. The lowest BCUT2D eigenvalue weighted by atomic mass is 9.82. The van der Waals surface area contributed by atoms with Gasteiger partial charge < -0.3 is 5.11 Å². The van der Waals surface area contributed by atoms with Crippen molar-refractivity contribution in [1.29, 1.82) is 0 Å². The number of halogens is 1. The van der Waals surface area contributed by atoms with Gasteiger partial charge in [-0.25, -0.2) is 0 Å². The molecule has 15 heavy (non-hydrogen) atoms. The van der Waals surface area contributed by atoms with E-state index in [0.717, 1.165) is 18.4 Å². The molecule has 1 saturated carbocycles. The van der Waals surface area contributed by atoms with Gasteiger partial charge in [-0.2, -0.15) is 0 Å². The van der Waals surface area contributed by atoms with Gasteiger partial charge in [-0.15, -0.1) is 11.6 Å². The van der Waals surface area contributed by atoms with Crippen LogP contribution in [-0.2, 0) is 5.60 Å². The van der Waals surface area contributed by atoms with Gasteiger partial charge in [0.2, 0.25) is 0 Å². The molecule has 1 N–H and O–H groups in total. The normalized spacial score (nSPS) is 21.5. The standard InChI is InChI=1S/C13H17ClO/c14-10-13(15,12-8-4-5-9-12)11-6-2-1-3-7-11/h1-3,6-7,12,15H,4-5,8-10H2. The Hall–Kier alpha value is -0.530. The molecule has 0 saturated heterocycles. The van der Waals surface area contributed by atoms with E-state index in [1.165, 1.54) is 12.8 Å². The lowest BCUT2D eigenvalue weighted by molar-refractivity contribution is 0.000298. The summed E-state index contributed by atoms with van der Waals surface area (Å²) < 4.78 is 0. The van der Waals surface area contributed by atoms with Crippen LogP contribution < -0.4 is 0 Å². The SMILES string of the molecule is OC(CCl)(c1ccccc1)C1CCCC1. The first-order valence-corrected chi connectivity index (χ1v) is 6.14. The van der Waals surface area contributed by atoms with Crippen molar-refractivity contribution in [2.75, 3.05) is 5.88 Å². The molecule has 1 aliphatic carbocycles. The zero-order chi connectivity index (χ0) is 10.7. The molecular weight excluding hydrogens is 208 g/mol. The number of rotatable bonds is 3. The Kier molecular flexibility index (Phi) is 3.32. The van der Waals surface area contributed by atoms with E-state index in [1.807, 2.05) is 30.3 Å². The maximum absolute atomic E-state index is 10.7. The van der Waals surface area contributed by atoms with E-state index in [9.17, 15) is 5.11 Å². The van der Waals surface area contributed by atoms with Gasteiger partial charge in [-0.3, -0.25) is 0 Å². The highest BCUT2D eigenvalue weighted by molar-refractivity contribution is 6.18. The average Bonchev–Trinajstić information content (AvgIpc) is 2.83. The minimum absolute atomic E-state index is 0.293. The summed E-state index contributed by atoms with van der Waals surface area (Å²) in [7, 11) is 0. The summed E-state index contributed by atoms with van der Waals surface area (Å²) in [5, 5.41) is 10.7.